The van der Waals surface area contributed by atoms with Gasteiger partial charge in [0.2, 0.25) is 0 Å². The van der Waals surface area contributed by atoms with Gasteiger partial charge in [-0.25, -0.2) is 0 Å². The van der Waals surface area contributed by atoms with Crippen molar-refractivity contribution in [3.8, 4) is 0 Å². The first kappa shape index (κ1) is 17.9. The molecule has 0 heterocycles. The number of hydrogen-bond donors (Lipinski definition) is 2. The van der Waals surface area contributed by atoms with Gasteiger partial charge in [-0.3, -0.25) is 4.79 Å². The average molecular weight is 335 g/mol. The zero-order valence-corrected chi connectivity index (χ0v) is 13.5. The van der Waals surface area contributed by atoms with Crippen LogP contribution in [0, 0.1) is 0 Å². The number of aliphatic carboxylic acids is 1. The molecule has 0 radical (unpaired) electrons. The molecule has 2 N–H and O–H groups in total. The van der Waals surface area contributed by atoms with Crippen molar-refractivity contribution in [2.45, 2.75) is 25.8 Å². The number of carboxylic acid groups (broad SMARTS) is 1. The van der Waals surface area contributed by atoms with Crippen molar-refractivity contribution in [3.63, 3.8) is 0 Å². The Morgan fingerprint density at radius 2 is 2.05 bits per heavy atom. The van der Waals surface area contributed by atoms with Crippen molar-refractivity contribution in [3.05, 3.63) is 34.9 Å². The second-order valence-electron chi connectivity index (χ2n) is 4.59. The van der Waals surface area contributed by atoms with E-state index in [9.17, 15) is 18.3 Å². The maximum absolute atomic E-state index is 12.1. The second kappa shape index (κ2) is 7.74. The normalized spacial score (nSPS) is 13.3. The Morgan fingerprint density at radius 3 is 2.57 bits per heavy atom. The van der Waals surface area contributed by atoms with Crippen molar-refractivity contribution in [1.82, 2.24) is 9.03 Å². The average Bonchev–Trinajstić information content (AvgIpc) is 2.42. The molecule has 0 amide bonds. The largest absolute Gasteiger partial charge is 0.480 e. The quantitative estimate of drug-likeness (QED) is 0.761. The minimum atomic E-state index is -3.90. The third kappa shape index (κ3) is 4.96. The zero-order chi connectivity index (χ0) is 16.0. The van der Waals surface area contributed by atoms with Crippen LogP contribution in [0.1, 0.15) is 31.4 Å². The van der Waals surface area contributed by atoms with Crippen molar-refractivity contribution < 1.29 is 18.3 Å². The summed E-state index contributed by atoms with van der Waals surface area (Å²) in [6.07, 6.45) is 1.54. The van der Waals surface area contributed by atoms with Crippen LogP contribution in [0.25, 0.3) is 0 Å². The number of nitrogens with zero attached hydrogens (tertiary/aromatic N) is 1. The Hall–Kier alpha value is -1.15. The highest BCUT2D eigenvalue weighted by molar-refractivity contribution is 7.87. The lowest BCUT2D eigenvalue weighted by molar-refractivity contribution is -0.139. The lowest BCUT2D eigenvalue weighted by Crippen LogP contribution is -2.43. The van der Waals surface area contributed by atoms with Crippen LogP contribution in [-0.2, 0) is 15.0 Å². The minimum absolute atomic E-state index is 0.198. The van der Waals surface area contributed by atoms with E-state index in [1.165, 1.54) is 19.2 Å². The molecule has 0 fully saturated rings. The van der Waals surface area contributed by atoms with Crippen LogP contribution in [0.5, 0.6) is 0 Å². The summed E-state index contributed by atoms with van der Waals surface area (Å²) in [4.78, 5) is 11.4. The molecule has 1 aromatic rings. The highest BCUT2D eigenvalue weighted by Gasteiger charge is 2.29. The molecule has 0 saturated carbocycles. The van der Waals surface area contributed by atoms with Gasteiger partial charge in [0.1, 0.15) is 6.04 Å². The lowest BCUT2D eigenvalue weighted by Gasteiger charge is -2.21. The molecule has 0 spiro atoms. The molecule has 1 aromatic carbocycles. The first-order chi connectivity index (χ1) is 9.79. The number of carboxylic acids is 1. The van der Waals surface area contributed by atoms with Gasteiger partial charge in [0.25, 0.3) is 10.2 Å². The molecule has 0 aliphatic rings. The monoisotopic (exact) mass is 334 g/mol. The van der Waals surface area contributed by atoms with Gasteiger partial charge < -0.3 is 5.11 Å². The predicted molar refractivity (Wildman–Crippen MR) is 81.4 cm³/mol. The molecule has 21 heavy (non-hydrogen) atoms. The van der Waals surface area contributed by atoms with E-state index in [1.807, 2.05) is 6.92 Å². The molecule has 1 atom stereocenters. The number of halogens is 1. The van der Waals surface area contributed by atoms with Gasteiger partial charge in [-0.1, -0.05) is 43.1 Å². The highest BCUT2D eigenvalue weighted by atomic mass is 35.5. The highest BCUT2D eigenvalue weighted by Crippen LogP contribution is 2.23. The molecule has 0 unspecified atom stereocenters. The molecule has 0 saturated heterocycles. The molecule has 0 aliphatic heterocycles. The molecule has 118 valence electrons. The zero-order valence-electron chi connectivity index (χ0n) is 11.9. The molecule has 1 rings (SSSR count). The van der Waals surface area contributed by atoms with E-state index >= 15 is 0 Å². The summed E-state index contributed by atoms with van der Waals surface area (Å²) in [7, 11) is -2.49. The number of unbranched alkanes of at least 4 members (excludes halogenated alkanes) is 1. The van der Waals surface area contributed by atoms with Crippen LogP contribution in [-0.4, -0.2) is 37.4 Å². The summed E-state index contributed by atoms with van der Waals surface area (Å²) < 4.78 is 27.6. The number of benzene rings is 1. The Kier molecular flexibility index (Phi) is 6.60. The van der Waals surface area contributed by atoms with E-state index < -0.39 is 22.2 Å². The summed E-state index contributed by atoms with van der Waals surface area (Å²) in [6.45, 7) is 2.26. The Bertz CT molecular complexity index is 592. The predicted octanol–water partition coefficient (Wildman–Crippen LogP) is 2.03. The molecule has 0 bridgehead atoms. The smallest absolute Gasteiger partial charge is 0.326 e. The first-order valence-electron chi connectivity index (χ1n) is 6.50. The van der Waals surface area contributed by atoms with Gasteiger partial charge in [0.15, 0.2) is 0 Å². The molecule has 0 aromatic heterocycles. The molecular formula is C13H19ClN2O4S. The summed E-state index contributed by atoms with van der Waals surface area (Å²) in [5.74, 6) is -1.31. The van der Waals surface area contributed by atoms with E-state index in [2.05, 4.69) is 4.72 Å². The summed E-state index contributed by atoms with van der Waals surface area (Å²) in [5, 5.41) is 9.47. The van der Waals surface area contributed by atoms with Crippen LogP contribution < -0.4 is 4.72 Å². The van der Waals surface area contributed by atoms with E-state index in [0.29, 0.717) is 13.0 Å². The molecular weight excluding hydrogens is 316 g/mol. The number of hydrogen-bond acceptors (Lipinski definition) is 3. The van der Waals surface area contributed by atoms with Gasteiger partial charge in [0, 0.05) is 18.6 Å². The first-order valence-corrected chi connectivity index (χ1v) is 8.32. The van der Waals surface area contributed by atoms with Gasteiger partial charge in [-0.15, -0.1) is 0 Å². The summed E-state index contributed by atoms with van der Waals surface area (Å²) in [6, 6.07) is 4.82. The van der Waals surface area contributed by atoms with Gasteiger partial charge in [-0.05, 0) is 18.1 Å². The van der Waals surface area contributed by atoms with Gasteiger partial charge >= 0.3 is 5.97 Å². The minimum Gasteiger partial charge on any atom is -0.480 e. The standard InChI is InChI=1S/C13H19ClN2O4S/c1-3-4-9-16(2)21(19,20)15-12(13(17)18)10-7-5-6-8-11(10)14/h5-8,12,15H,3-4,9H2,1-2H3,(H,17,18)/t12-/m1/s1. The van der Waals surface area contributed by atoms with Crippen LogP contribution >= 0.6 is 11.6 Å². The maximum Gasteiger partial charge on any atom is 0.326 e. The number of carbonyl (C=O) groups is 1. The van der Waals surface area contributed by atoms with E-state index in [0.717, 1.165) is 10.7 Å². The van der Waals surface area contributed by atoms with Crippen LogP contribution in [0.15, 0.2) is 24.3 Å². The van der Waals surface area contributed by atoms with E-state index in [4.69, 9.17) is 11.6 Å². The van der Waals surface area contributed by atoms with Crippen molar-refractivity contribution in [2.24, 2.45) is 0 Å². The lowest BCUT2D eigenvalue weighted by atomic mass is 10.1. The van der Waals surface area contributed by atoms with Crippen LogP contribution in [0.2, 0.25) is 5.02 Å². The fourth-order valence-electron chi connectivity index (χ4n) is 1.70. The number of nitrogens with one attached hydrogen (secondary N) is 1. The van der Waals surface area contributed by atoms with Crippen LogP contribution in [0.4, 0.5) is 0 Å². The summed E-state index contributed by atoms with van der Waals surface area (Å²) in [5.41, 5.74) is 0.208. The Morgan fingerprint density at radius 1 is 1.43 bits per heavy atom. The van der Waals surface area contributed by atoms with Crippen LogP contribution in [0.3, 0.4) is 0 Å². The fourth-order valence-corrected chi connectivity index (χ4v) is 3.02. The molecule has 8 heteroatoms. The topological polar surface area (TPSA) is 86.7 Å². The third-order valence-corrected chi connectivity index (χ3v) is 4.85. The summed E-state index contributed by atoms with van der Waals surface area (Å²) >= 11 is 5.94. The maximum atomic E-state index is 12.1. The van der Waals surface area contributed by atoms with E-state index in [-0.39, 0.29) is 10.6 Å². The van der Waals surface area contributed by atoms with Crippen molar-refractivity contribution in [1.29, 1.82) is 0 Å². The SMILES string of the molecule is CCCCN(C)S(=O)(=O)N[C@@H](C(=O)O)c1ccccc1Cl. The van der Waals surface area contributed by atoms with E-state index in [1.54, 1.807) is 12.1 Å². The second-order valence-corrected chi connectivity index (χ2v) is 6.81. The van der Waals surface area contributed by atoms with Gasteiger partial charge in [0.05, 0.1) is 0 Å². The number of rotatable bonds is 8. The van der Waals surface area contributed by atoms with Gasteiger partial charge in [-0.2, -0.15) is 17.4 Å². The third-order valence-electron chi connectivity index (χ3n) is 2.97. The molecule has 6 nitrogen and oxygen atoms in total. The molecule has 0 aliphatic carbocycles. The Balaban J connectivity index is 2.99. The Labute approximate surface area is 129 Å². The van der Waals surface area contributed by atoms with Crippen molar-refractivity contribution >= 4 is 27.8 Å². The fraction of sp³-hybridized carbons (Fsp3) is 0.462. The van der Waals surface area contributed by atoms with Crippen molar-refractivity contribution in [2.75, 3.05) is 13.6 Å².